The van der Waals surface area contributed by atoms with Crippen molar-refractivity contribution in [3.05, 3.63) is 55.1 Å². The molecule has 0 aliphatic rings. The third kappa shape index (κ3) is 2.03. The first-order chi connectivity index (χ1) is 10.7. The highest BCUT2D eigenvalue weighted by Crippen LogP contribution is 2.31. The molecule has 5 heteroatoms. The van der Waals surface area contributed by atoms with Crippen molar-refractivity contribution in [1.82, 2.24) is 19.7 Å². The Morgan fingerprint density at radius 2 is 2.00 bits per heavy atom. The van der Waals surface area contributed by atoms with Crippen molar-refractivity contribution in [2.45, 2.75) is 0 Å². The highest BCUT2D eigenvalue weighted by Gasteiger charge is 2.10. The number of nitrogens with zero attached hydrogens (tertiary/aromatic N) is 3. The second-order valence-electron chi connectivity index (χ2n) is 5.28. The van der Waals surface area contributed by atoms with Crippen LogP contribution < -0.4 is 0 Å². The number of phenolic OH excluding ortho intramolecular Hbond substituents is 1. The number of hydrogen-bond donors (Lipinski definition) is 2. The Bertz CT molecular complexity index is 968. The average Bonchev–Trinajstić information content (AvgIpc) is 3.12. The van der Waals surface area contributed by atoms with Gasteiger partial charge in [0.25, 0.3) is 0 Å². The minimum Gasteiger partial charge on any atom is -0.508 e. The number of H-pyrrole nitrogens is 1. The lowest BCUT2D eigenvalue weighted by molar-refractivity contribution is 0.475. The van der Waals surface area contributed by atoms with Gasteiger partial charge in [-0.15, -0.1) is 0 Å². The third-order valence-electron chi connectivity index (χ3n) is 3.73. The summed E-state index contributed by atoms with van der Waals surface area (Å²) in [5, 5.41) is 14.9. The number of fused-ring (bicyclic) bond motifs is 1. The van der Waals surface area contributed by atoms with Gasteiger partial charge in [-0.05, 0) is 23.8 Å². The molecule has 0 aliphatic heterocycles. The molecule has 0 fully saturated rings. The van der Waals surface area contributed by atoms with Gasteiger partial charge in [0.1, 0.15) is 11.4 Å². The van der Waals surface area contributed by atoms with Crippen molar-refractivity contribution >= 4 is 11.0 Å². The summed E-state index contributed by atoms with van der Waals surface area (Å²) >= 11 is 0. The maximum Gasteiger partial charge on any atom is 0.137 e. The summed E-state index contributed by atoms with van der Waals surface area (Å²) < 4.78 is 1.78. The van der Waals surface area contributed by atoms with Gasteiger partial charge in [0.05, 0.1) is 6.20 Å². The normalized spacial score (nSPS) is 11.1. The molecule has 0 aliphatic carbocycles. The molecule has 0 atom stereocenters. The van der Waals surface area contributed by atoms with E-state index in [1.54, 1.807) is 23.0 Å². The van der Waals surface area contributed by atoms with Crippen LogP contribution in [0.1, 0.15) is 0 Å². The fourth-order valence-electron chi connectivity index (χ4n) is 2.65. The summed E-state index contributed by atoms with van der Waals surface area (Å²) in [7, 11) is 1.90. The van der Waals surface area contributed by atoms with Crippen LogP contribution in [0, 0.1) is 0 Å². The second kappa shape index (κ2) is 4.73. The number of aryl methyl sites for hydroxylation is 1. The molecular weight excluding hydrogens is 276 g/mol. The molecule has 4 aromatic rings. The van der Waals surface area contributed by atoms with Gasteiger partial charge in [-0.1, -0.05) is 12.1 Å². The summed E-state index contributed by atoms with van der Waals surface area (Å²) in [6.45, 7) is 0. The predicted octanol–water partition coefficient (Wildman–Crippen LogP) is 3.34. The zero-order chi connectivity index (χ0) is 15.1. The standard InChI is InChI=1S/C17H14N4O/c1-21-10-13(8-20-21)16-9-19-17-15(16)6-12(7-18-17)11-3-2-4-14(22)5-11/h2-10,22H,1H3,(H,18,19). The number of benzene rings is 1. The lowest BCUT2D eigenvalue weighted by Gasteiger charge is -2.03. The van der Waals surface area contributed by atoms with Gasteiger partial charge in [-0.2, -0.15) is 5.10 Å². The molecule has 3 heterocycles. The number of aromatic amines is 1. The van der Waals surface area contributed by atoms with Gasteiger partial charge in [0.15, 0.2) is 0 Å². The van der Waals surface area contributed by atoms with E-state index >= 15 is 0 Å². The lowest BCUT2D eigenvalue weighted by Crippen LogP contribution is -1.84. The molecular formula is C17H14N4O. The number of aromatic hydroxyl groups is 1. The number of pyridine rings is 1. The second-order valence-corrected chi connectivity index (χ2v) is 5.28. The average molecular weight is 290 g/mol. The van der Waals surface area contributed by atoms with Crippen LogP contribution in [0.15, 0.2) is 55.1 Å². The van der Waals surface area contributed by atoms with Gasteiger partial charge in [-0.25, -0.2) is 4.98 Å². The fraction of sp³-hybridized carbons (Fsp3) is 0.0588. The molecule has 0 amide bonds. The molecule has 4 rings (SSSR count). The molecule has 5 nitrogen and oxygen atoms in total. The highest BCUT2D eigenvalue weighted by molar-refractivity contribution is 5.95. The van der Waals surface area contributed by atoms with Crippen LogP contribution in [-0.2, 0) is 7.05 Å². The van der Waals surface area contributed by atoms with Crippen LogP contribution in [0.5, 0.6) is 5.75 Å². The third-order valence-corrected chi connectivity index (χ3v) is 3.73. The van der Waals surface area contributed by atoms with E-state index in [-0.39, 0.29) is 5.75 Å². The van der Waals surface area contributed by atoms with Crippen molar-refractivity contribution in [3.63, 3.8) is 0 Å². The molecule has 0 bridgehead atoms. The van der Waals surface area contributed by atoms with E-state index in [0.29, 0.717) is 0 Å². The van der Waals surface area contributed by atoms with Crippen LogP contribution >= 0.6 is 0 Å². The van der Waals surface area contributed by atoms with Crippen LogP contribution in [0.3, 0.4) is 0 Å². The first-order valence-corrected chi connectivity index (χ1v) is 6.96. The summed E-state index contributed by atoms with van der Waals surface area (Å²) in [5.41, 5.74) is 4.85. The Morgan fingerprint density at radius 3 is 2.77 bits per heavy atom. The molecule has 2 N–H and O–H groups in total. The Kier molecular flexibility index (Phi) is 2.72. The molecule has 3 aromatic heterocycles. The van der Waals surface area contributed by atoms with E-state index in [1.807, 2.05) is 37.8 Å². The summed E-state index contributed by atoms with van der Waals surface area (Å²) in [5.74, 6) is 0.249. The largest absolute Gasteiger partial charge is 0.508 e. The Morgan fingerprint density at radius 1 is 1.09 bits per heavy atom. The Balaban J connectivity index is 1.89. The van der Waals surface area contributed by atoms with Crippen LogP contribution in [0.4, 0.5) is 0 Å². The highest BCUT2D eigenvalue weighted by atomic mass is 16.3. The Labute approximate surface area is 126 Å². The zero-order valence-electron chi connectivity index (χ0n) is 12.0. The number of aromatic nitrogens is 4. The predicted molar refractivity (Wildman–Crippen MR) is 85.4 cm³/mol. The Hall–Kier alpha value is -3.08. The summed E-state index contributed by atoms with van der Waals surface area (Å²) in [4.78, 5) is 7.66. The van der Waals surface area contributed by atoms with Gasteiger partial charge in [0, 0.05) is 47.7 Å². The topological polar surface area (TPSA) is 66.7 Å². The molecule has 0 saturated carbocycles. The minimum absolute atomic E-state index is 0.249. The van der Waals surface area contributed by atoms with E-state index in [2.05, 4.69) is 21.1 Å². The van der Waals surface area contributed by atoms with E-state index in [1.165, 1.54) is 0 Å². The SMILES string of the molecule is Cn1cc(-c2c[nH]c3ncc(-c4cccc(O)c4)cc23)cn1. The zero-order valence-corrected chi connectivity index (χ0v) is 12.0. The fourth-order valence-corrected chi connectivity index (χ4v) is 2.65. The molecule has 0 spiro atoms. The van der Waals surface area contributed by atoms with Crippen molar-refractivity contribution in [2.24, 2.45) is 7.05 Å². The number of nitrogens with one attached hydrogen (secondary N) is 1. The number of hydrogen-bond acceptors (Lipinski definition) is 3. The molecule has 0 radical (unpaired) electrons. The molecule has 0 saturated heterocycles. The van der Waals surface area contributed by atoms with Gasteiger partial charge < -0.3 is 10.1 Å². The first kappa shape index (κ1) is 12.6. The van der Waals surface area contributed by atoms with E-state index in [9.17, 15) is 5.11 Å². The maximum absolute atomic E-state index is 9.65. The van der Waals surface area contributed by atoms with Gasteiger partial charge >= 0.3 is 0 Å². The van der Waals surface area contributed by atoms with Crippen molar-refractivity contribution in [3.8, 4) is 28.0 Å². The van der Waals surface area contributed by atoms with Crippen molar-refractivity contribution in [1.29, 1.82) is 0 Å². The van der Waals surface area contributed by atoms with Crippen LogP contribution in [-0.4, -0.2) is 24.9 Å². The van der Waals surface area contributed by atoms with E-state index < -0.39 is 0 Å². The van der Waals surface area contributed by atoms with Gasteiger partial charge in [-0.3, -0.25) is 4.68 Å². The number of rotatable bonds is 2. The van der Waals surface area contributed by atoms with Crippen LogP contribution in [0.25, 0.3) is 33.3 Å². The van der Waals surface area contributed by atoms with E-state index in [4.69, 9.17) is 0 Å². The first-order valence-electron chi connectivity index (χ1n) is 6.96. The smallest absolute Gasteiger partial charge is 0.137 e. The monoisotopic (exact) mass is 290 g/mol. The molecule has 0 unspecified atom stereocenters. The lowest BCUT2D eigenvalue weighted by atomic mass is 10.0. The van der Waals surface area contributed by atoms with E-state index in [0.717, 1.165) is 33.3 Å². The minimum atomic E-state index is 0.249. The van der Waals surface area contributed by atoms with Crippen LogP contribution in [0.2, 0.25) is 0 Å². The quantitative estimate of drug-likeness (QED) is 0.595. The molecule has 22 heavy (non-hydrogen) atoms. The molecule has 108 valence electrons. The summed E-state index contributed by atoms with van der Waals surface area (Å²) in [6, 6.07) is 9.26. The van der Waals surface area contributed by atoms with Crippen molar-refractivity contribution in [2.75, 3.05) is 0 Å². The summed E-state index contributed by atoms with van der Waals surface area (Å²) in [6.07, 6.45) is 7.56. The maximum atomic E-state index is 9.65. The van der Waals surface area contributed by atoms with Gasteiger partial charge in [0.2, 0.25) is 0 Å². The van der Waals surface area contributed by atoms with Crippen molar-refractivity contribution < 1.29 is 5.11 Å². The molecule has 1 aromatic carbocycles. The number of phenols is 1.